The van der Waals surface area contributed by atoms with Crippen LogP contribution in [0.2, 0.25) is 0 Å². The summed E-state index contributed by atoms with van der Waals surface area (Å²) in [5, 5.41) is 30.2. The third-order valence-corrected chi connectivity index (χ3v) is 5.52. The van der Waals surface area contributed by atoms with Crippen LogP contribution in [0.3, 0.4) is 0 Å². The van der Waals surface area contributed by atoms with E-state index in [1.54, 1.807) is 12.1 Å². The molecule has 2 aliphatic rings. The van der Waals surface area contributed by atoms with Gasteiger partial charge in [0.1, 0.15) is 5.75 Å². The first kappa shape index (κ1) is 16.7. The molecule has 5 N–H and O–H groups in total. The van der Waals surface area contributed by atoms with Crippen LogP contribution >= 0.6 is 0 Å². The minimum absolute atomic E-state index is 0.102. The Labute approximate surface area is 152 Å². The van der Waals surface area contributed by atoms with Crippen LogP contribution in [-0.4, -0.2) is 33.6 Å². The Kier molecular flexibility index (Phi) is 4.42. The van der Waals surface area contributed by atoms with Gasteiger partial charge in [-0.3, -0.25) is 0 Å². The van der Waals surface area contributed by atoms with E-state index in [4.69, 9.17) is 11.1 Å². The largest absolute Gasteiger partial charge is 0.507 e. The molecule has 134 valence electrons. The molecular formula is C20H23N5O. The number of hydrogen-bond donors (Lipinski definition) is 4. The van der Waals surface area contributed by atoms with Crippen molar-refractivity contribution >= 4 is 11.8 Å². The van der Waals surface area contributed by atoms with Crippen molar-refractivity contribution in [2.45, 2.75) is 43.7 Å². The first-order valence-corrected chi connectivity index (χ1v) is 9.03. The molecule has 1 aromatic heterocycles. The number of phenols is 1. The number of fused-ring (bicyclic) bond motifs is 2. The standard InChI is InChI=1S/C20H23N5O/c21-10-14(11-22)12-1-4-17(20(26)9-12)19-6-5-18(24-25-19)13-7-15-2-3-16(8-13)23-15/h1,4-6,9-11,13,15-16,21,23,26H,2-3,7-8,22H2/b14-11+,21-10?/t13?,15-,16?/m0/s1. The SMILES string of the molecule is N=C/C(=C\N)c1ccc(-c2ccc(C3CC4CC[C@@H](C3)N4)nn2)c(O)c1. The molecule has 2 aliphatic heterocycles. The molecule has 0 saturated carbocycles. The minimum Gasteiger partial charge on any atom is -0.507 e. The van der Waals surface area contributed by atoms with Gasteiger partial charge in [0.25, 0.3) is 0 Å². The van der Waals surface area contributed by atoms with Gasteiger partial charge in [-0.2, -0.15) is 10.2 Å². The first-order valence-electron chi connectivity index (χ1n) is 9.03. The Balaban J connectivity index is 1.56. The summed E-state index contributed by atoms with van der Waals surface area (Å²) in [6.07, 6.45) is 7.30. The second kappa shape index (κ2) is 6.88. The van der Waals surface area contributed by atoms with Gasteiger partial charge in [0.2, 0.25) is 0 Å². The topological polar surface area (TPSA) is 108 Å². The van der Waals surface area contributed by atoms with Crippen LogP contribution in [-0.2, 0) is 0 Å². The lowest BCUT2D eigenvalue weighted by Crippen LogP contribution is -2.37. The van der Waals surface area contributed by atoms with Crippen molar-refractivity contribution in [3.8, 4) is 17.0 Å². The molecule has 6 nitrogen and oxygen atoms in total. The normalized spacial score (nSPS) is 25.2. The fourth-order valence-corrected chi connectivity index (χ4v) is 4.16. The number of piperidine rings is 1. The molecule has 1 aromatic carbocycles. The lowest BCUT2D eigenvalue weighted by atomic mass is 9.89. The Hall–Kier alpha value is -2.73. The van der Waals surface area contributed by atoms with Crippen molar-refractivity contribution < 1.29 is 5.11 Å². The van der Waals surface area contributed by atoms with Gasteiger partial charge >= 0.3 is 0 Å². The van der Waals surface area contributed by atoms with Gasteiger partial charge in [0.15, 0.2) is 0 Å². The highest BCUT2D eigenvalue weighted by Gasteiger charge is 2.34. The Morgan fingerprint density at radius 2 is 1.92 bits per heavy atom. The molecule has 2 bridgehead atoms. The molecule has 2 aromatic rings. The predicted molar refractivity (Wildman–Crippen MR) is 102 cm³/mol. The minimum atomic E-state index is 0.102. The van der Waals surface area contributed by atoms with Gasteiger partial charge in [-0.15, -0.1) is 0 Å². The van der Waals surface area contributed by atoms with E-state index in [9.17, 15) is 5.11 Å². The number of nitrogens with one attached hydrogen (secondary N) is 2. The highest BCUT2D eigenvalue weighted by Crippen LogP contribution is 2.37. The Bertz CT molecular complexity index is 834. The summed E-state index contributed by atoms with van der Waals surface area (Å²) in [6.45, 7) is 0. The second-order valence-corrected chi connectivity index (χ2v) is 7.15. The molecule has 26 heavy (non-hydrogen) atoms. The molecule has 2 unspecified atom stereocenters. The number of phenolic OH excluding ortho intramolecular Hbond substituents is 1. The van der Waals surface area contributed by atoms with Gasteiger partial charge in [-0.1, -0.05) is 6.07 Å². The molecule has 4 rings (SSSR count). The second-order valence-electron chi connectivity index (χ2n) is 7.15. The lowest BCUT2D eigenvalue weighted by molar-refractivity contribution is 0.357. The molecular weight excluding hydrogens is 326 g/mol. The van der Waals surface area contributed by atoms with Crippen molar-refractivity contribution in [1.29, 1.82) is 5.41 Å². The van der Waals surface area contributed by atoms with Gasteiger partial charge in [0, 0.05) is 41.6 Å². The van der Waals surface area contributed by atoms with Gasteiger partial charge in [-0.25, -0.2) is 0 Å². The van der Waals surface area contributed by atoms with Gasteiger partial charge < -0.3 is 21.6 Å². The average Bonchev–Trinajstić information content (AvgIpc) is 3.01. The zero-order valence-electron chi connectivity index (χ0n) is 14.5. The predicted octanol–water partition coefficient (Wildman–Crippen LogP) is 2.80. The smallest absolute Gasteiger partial charge is 0.125 e. The van der Waals surface area contributed by atoms with E-state index in [1.165, 1.54) is 19.0 Å². The fourth-order valence-electron chi connectivity index (χ4n) is 4.16. The van der Waals surface area contributed by atoms with Gasteiger partial charge in [0.05, 0.1) is 11.4 Å². The first-order chi connectivity index (χ1) is 12.7. The molecule has 0 amide bonds. The van der Waals surface area contributed by atoms with E-state index >= 15 is 0 Å². The zero-order valence-corrected chi connectivity index (χ0v) is 14.5. The average molecular weight is 349 g/mol. The van der Waals surface area contributed by atoms with Crippen molar-refractivity contribution in [3.63, 3.8) is 0 Å². The molecule has 2 saturated heterocycles. The summed E-state index contributed by atoms with van der Waals surface area (Å²) in [7, 11) is 0. The summed E-state index contributed by atoms with van der Waals surface area (Å²) in [5.41, 5.74) is 9.06. The maximum atomic E-state index is 10.4. The zero-order chi connectivity index (χ0) is 18.1. The van der Waals surface area contributed by atoms with E-state index in [0.717, 1.165) is 24.8 Å². The maximum absolute atomic E-state index is 10.4. The van der Waals surface area contributed by atoms with Crippen LogP contribution in [0.1, 0.15) is 42.9 Å². The van der Waals surface area contributed by atoms with E-state index in [2.05, 4.69) is 15.5 Å². The van der Waals surface area contributed by atoms with Crippen LogP contribution in [0.15, 0.2) is 36.5 Å². The van der Waals surface area contributed by atoms with Gasteiger partial charge in [-0.05, 0) is 55.5 Å². The third-order valence-electron chi connectivity index (χ3n) is 5.52. The van der Waals surface area contributed by atoms with Crippen molar-refractivity contribution in [1.82, 2.24) is 15.5 Å². The summed E-state index contributed by atoms with van der Waals surface area (Å²) < 4.78 is 0. The summed E-state index contributed by atoms with van der Waals surface area (Å²) >= 11 is 0. The van der Waals surface area contributed by atoms with Crippen molar-refractivity contribution in [2.24, 2.45) is 5.73 Å². The van der Waals surface area contributed by atoms with Crippen LogP contribution in [0, 0.1) is 5.41 Å². The van der Waals surface area contributed by atoms with E-state index in [0.29, 0.717) is 40.4 Å². The van der Waals surface area contributed by atoms with Crippen LogP contribution in [0.25, 0.3) is 16.8 Å². The van der Waals surface area contributed by atoms with Crippen molar-refractivity contribution in [2.75, 3.05) is 0 Å². The van der Waals surface area contributed by atoms with Crippen LogP contribution in [0.5, 0.6) is 5.75 Å². The summed E-state index contributed by atoms with van der Waals surface area (Å²) in [6, 6.07) is 10.4. The van der Waals surface area contributed by atoms with Crippen LogP contribution in [0.4, 0.5) is 0 Å². The molecule has 2 fully saturated rings. The highest BCUT2D eigenvalue weighted by molar-refractivity contribution is 6.08. The number of rotatable bonds is 4. The number of benzene rings is 1. The maximum Gasteiger partial charge on any atom is 0.125 e. The molecule has 0 radical (unpaired) electrons. The lowest BCUT2D eigenvalue weighted by Gasteiger charge is -2.28. The monoisotopic (exact) mass is 349 g/mol. The van der Waals surface area contributed by atoms with E-state index < -0.39 is 0 Å². The number of aromatic nitrogens is 2. The quantitative estimate of drug-likeness (QED) is 0.635. The number of nitrogens with two attached hydrogens (primary N) is 1. The summed E-state index contributed by atoms with van der Waals surface area (Å²) in [4.78, 5) is 0. The highest BCUT2D eigenvalue weighted by atomic mass is 16.3. The molecule has 6 heteroatoms. The number of aromatic hydroxyl groups is 1. The van der Waals surface area contributed by atoms with E-state index in [1.807, 2.05) is 18.2 Å². The molecule has 0 spiro atoms. The van der Waals surface area contributed by atoms with E-state index in [-0.39, 0.29) is 5.75 Å². The van der Waals surface area contributed by atoms with Crippen LogP contribution < -0.4 is 11.1 Å². The number of nitrogens with zero attached hydrogens (tertiary/aromatic N) is 2. The molecule has 3 atom stereocenters. The molecule has 0 aliphatic carbocycles. The fraction of sp³-hybridized carbons (Fsp3) is 0.350. The summed E-state index contributed by atoms with van der Waals surface area (Å²) in [5.74, 6) is 0.571. The Morgan fingerprint density at radius 1 is 1.15 bits per heavy atom. The number of allylic oxidation sites excluding steroid dienone is 1. The molecule has 3 heterocycles. The number of hydrogen-bond acceptors (Lipinski definition) is 6. The third kappa shape index (κ3) is 3.08. The van der Waals surface area contributed by atoms with Crippen molar-refractivity contribution in [3.05, 3.63) is 47.8 Å². The Morgan fingerprint density at radius 3 is 2.50 bits per heavy atom.